The first-order chi connectivity index (χ1) is 11.5. The topological polar surface area (TPSA) is 81.2 Å². The number of halogens is 2. The van der Waals surface area contributed by atoms with Gasteiger partial charge in [0.2, 0.25) is 12.4 Å². The summed E-state index contributed by atoms with van der Waals surface area (Å²) in [7, 11) is 0. The minimum Gasteiger partial charge on any atom is -0.435 e. The average Bonchev–Trinajstić information content (AvgIpc) is 2.96. The molecule has 0 amide bonds. The Morgan fingerprint density at radius 1 is 1.21 bits per heavy atom. The van der Waals surface area contributed by atoms with Gasteiger partial charge in [-0.1, -0.05) is 23.2 Å². The fourth-order valence-electron chi connectivity index (χ4n) is 2.25. The molecule has 0 aliphatic rings. The van der Waals surface area contributed by atoms with Crippen molar-refractivity contribution in [1.29, 1.82) is 0 Å². The number of rotatable bonds is 6. The SMILES string of the molecule is O=[N+]([O-])CCCNc1ccc(-c2nc3cc(Cl)cc(Cl)c3o2)cc1. The molecule has 0 radical (unpaired) electrons. The van der Waals surface area contributed by atoms with Crippen LogP contribution in [0.25, 0.3) is 22.6 Å². The van der Waals surface area contributed by atoms with Gasteiger partial charge < -0.3 is 9.73 Å². The third-order valence-electron chi connectivity index (χ3n) is 3.39. The van der Waals surface area contributed by atoms with E-state index in [0.29, 0.717) is 40.0 Å². The number of benzene rings is 2. The number of aromatic nitrogens is 1. The van der Waals surface area contributed by atoms with Crippen molar-refractivity contribution in [2.45, 2.75) is 6.42 Å². The molecule has 0 saturated heterocycles. The van der Waals surface area contributed by atoms with Crippen molar-refractivity contribution in [3.63, 3.8) is 0 Å². The van der Waals surface area contributed by atoms with E-state index in [4.69, 9.17) is 27.6 Å². The number of fused-ring (bicyclic) bond motifs is 1. The normalized spacial score (nSPS) is 10.9. The van der Waals surface area contributed by atoms with Crippen LogP contribution in [0.5, 0.6) is 0 Å². The van der Waals surface area contributed by atoms with Gasteiger partial charge in [-0.3, -0.25) is 10.1 Å². The summed E-state index contributed by atoms with van der Waals surface area (Å²) < 4.78 is 5.71. The predicted octanol–water partition coefficient (Wildman–Crippen LogP) is 4.88. The van der Waals surface area contributed by atoms with Gasteiger partial charge in [-0.15, -0.1) is 0 Å². The van der Waals surface area contributed by atoms with E-state index in [1.807, 2.05) is 24.3 Å². The number of hydrogen-bond donors (Lipinski definition) is 1. The number of nitrogens with zero attached hydrogens (tertiary/aromatic N) is 2. The number of nitrogens with one attached hydrogen (secondary N) is 1. The molecule has 3 rings (SSSR count). The molecule has 2 aromatic carbocycles. The maximum absolute atomic E-state index is 10.3. The molecule has 0 saturated carbocycles. The number of nitro groups is 1. The smallest absolute Gasteiger partial charge is 0.227 e. The third kappa shape index (κ3) is 3.77. The summed E-state index contributed by atoms with van der Waals surface area (Å²) in [4.78, 5) is 14.3. The van der Waals surface area contributed by atoms with E-state index in [-0.39, 0.29) is 11.5 Å². The zero-order chi connectivity index (χ0) is 17.1. The van der Waals surface area contributed by atoms with Crippen LogP contribution in [-0.2, 0) is 0 Å². The highest BCUT2D eigenvalue weighted by Crippen LogP contribution is 2.32. The Morgan fingerprint density at radius 3 is 2.67 bits per heavy atom. The fourth-order valence-corrected chi connectivity index (χ4v) is 2.78. The molecule has 0 spiro atoms. The zero-order valence-electron chi connectivity index (χ0n) is 12.5. The minimum absolute atomic E-state index is 0.0443. The van der Waals surface area contributed by atoms with Crippen molar-refractivity contribution in [2.75, 3.05) is 18.4 Å². The van der Waals surface area contributed by atoms with Gasteiger partial charge >= 0.3 is 0 Å². The first-order valence-corrected chi connectivity index (χ1v) is 8.00. The summed E-state index contributed by atoms with van der Waals surface area (Å²) in [5, 5.41) is 14.3. The summed E-state index contributed by atoms with van der Waals surface area (Å²) in [5.41, 5.74) is 2.77. The number of anilines is 1. The van der Waals surface area contributed by atoms with Crippen molar-refractivity contribution >= 4 is 40.0 Å². The minimum atomic E-state index is -0.324. The largest absolute Gasteiger partial charge is 0.435 e. The molecule has 1 N–H and O–H groups in total. The Labute approximate surface area is 147 Å². The second-order valence-electron chi connectivity index (χ2n) is 5.17. The van der Waals surface area contributed by atoms with E-state index >= 15 is 0 Å². The van der Waals surface area contributed by atoms with Crippen LogP contribution in [0.15, 0.2) is 40.8 Å². The van der Waals surface area contributed by atoms with Gasteiger partial charge in [-0.25, -0.2) is 4.98 Å². The molecule has 0 unspecified atom stereocenters. The molecule has 1 aromatic heterocycles. The molecule has 3 aromatic rings. The van der Waals surface area contributed by atoms with E-state index in [0.717, 1.165) is 11.3 Å². The molecule has 0 aliphatic carbocycles. The molecule has 0 atom stereocenters. The van der Waals surface area contributed by atoms with Gasteiger partial charge in [0.15, 0.2) is 5.58 Å². The first-order valence-electron chi connectivity index (χ1n) is 7.24. The predicted molar refractivity (Wildman–Crippen MR) is 94.4 cm³/mol. The Morgan fingerprint density at radius 2 is 1.96 bits per heavy atom. The number of oxazole rings is 1. The Balaban J connectivity index is 1.73. The van der Waals surface area contributed by atoms with Crippen LogP contribution < -0.4 is 5.32 Å². The van der Waals surface area contributed by atoms with E-state index in [1.165, 1.54) is 0 Å². The molecular weight excluding hydrogens is 353 g/mol. The highest BCUT2D eigenvalue weighted by Gasteiger charge is 2.12. The molecule has 124 valence electrons. The van der Waals surface area contributed by atoms with Crippen LogP contribution in [-0.4, -0.2) is 23.0 Å². The lowest BCUT2D eigenvalue weighted by molar-refractivity contribution is -0.479. The van der Waals surface area contributed by atoms with Gasteiger partial charge in [-0.2, -0.15) is 0 Å². The van der Waals surface area contributed by atoms with Crippen molar-refractivity contribution in [3.8, 4) is 11.5 Å². The highest BCUT2D eigenvalue weighted by atomic mass is 35.5. The number of hydrogen-bond acceptors (Lipinski definition) is 5. The van der Waals surface area contributed by atoms with Gasteiger partial charge in [0.1, 0.15) is 5.52 Å². The van der Waals surface area contributed by atoms with Gasteiger partial charge in [0.25, 0.3) is 0 Å². The summed E-state index contributed by atoms with van der Waals surface area (Å²) in [6, 6.07) is 10.8. The quantitative estimate of drug-likeness (QED) is 0.382. The molecular formula is C16H13Cl2N3O3. The molecule has 0 fully saturated rings. The molecule has 24 heavy (non-hydrogen) atoms. The van der Waals surface area contributed by atoms with E-state index < -0.39 is 0 Å². The highest BCUT2D eigenvalue weighted by molar-refractivity contribution is 6.38. The second-order valence-corrected chi connectivity index (χ2v) is 6.01. The van der Waals surface area contributed by atoms with Crippen LogP contribution in [0.4, 0.5) is 5.69 Å². The molecule has 1 heterocycles. The third-order valence-corrected chi connectivity index (χ3v) is 3.89. The lowest BCUT2D eigenvalue weighted by atomic mass is 10.2. The van der Waals surface area contributed by atoms with Crippen molar-refractivity contribution in [1.82, 2.24) is 4.98 Å². The fraction of sp³-hybridized carbons (Fsp3) is 0.188. The Kier molecular flexibility index (Phi) is 4.87. The molecule has 8 heteroatoms. The van der Waals surface area contributed by atoms with Crippen LogP contribution in [0.1, 0.15) is 6.42 Å². The van der Waals surface area contributed by atoms with Crippen molar-refractivity contribution in [3.05, 3.63) is 56.6 Å². The van der Waals surface area contributed by atoms with Crippen LogP contribution in [0.2, 0.25) is 10.0 Å². The monoisotopic (exact) mass is 365 g/mol. The second kappa shape index (κ2) is 7.07. The lowest BCUT2D eigenvalue weighted by Gasteiger charge is -2.05. The maximum atomic E-state index is 10.3. The summed E-state index contributed by atoms with van der Waals surface area (Å²) in [5.74, 6) is 0.453. The standard InChI is InChI=1S/C16H13Cl2N3O3/c17-11-8-13(18)15-14(9-11)20-16(24-15)10-2-4-12(5-3-10)19-6-1-7-21(22)23/h2-5,8-9,19H,1,6-7H2. The van der Waals surface area contributed by atoms with Gasteiger partial charge in [0.05, 0.1) is 5.02 Å². The summed E-state index contributed by atoms with van der Waals surface area (Å²) >= 11 is 12.1. The van der Waals surface area contributed by atoms with Crippen LogP contribution >= 0.6 is 23.2 Å². The Hall–Kier alpha value is -2.31. The molecule has 0 aliphatic heterocycles. The Bertz CT molecular complexity index is 878. The van der Waals surface area contributed by atoms with Crippen LogP contribution in [0, 0.1) is 10.1 Å². The van der Waals surface area contributed by atoms with Gasteiger partial charge in [-0.05, 0) is 36.4 Å². The molecule has 0 bridgehead atoms. The molecule has 6 nitrogen and oxygen atoms in total. The van der Waals surface area contributed by atoms with E-state index in [1.54, 1.807) is 12.1 Å². The van der Waals surface area contributed by atoms with Crippen molar-refractivity contribution in [2.24, 2.45) is 0 Å². The first kappa shape index (κ1) is 16.5. The lowest BCUT2D eigenvalue weighted by Crippen LogP contribution is -2.08. The zero-order valence-corrected chi connectivity index (χ0v) is 14.0. The average molecular weight is 366 g/mol. The van der Waals surface area contributed by atoms with Crippen LogP contribution in [0.3, 0.4) is 0 Å². The van der Waals surface area contributed by atoms with E-state index in [9.17, 15) is 10.1 Å². The van der Waals surface area contributed by atoms with Crippen molar-refractivity contribution < 1.29 is 9.34 Å². The maximum Gasteiger partial charge on any atom is 0.227 e. The van der Waals surface area contributed by atoms with E-state index in [2.05, 4.69) is 10.3 Å². The van der Waals surface area contributed by atoms with Gasteiger partial charge in [0, 0.05) is 34.2 Å². The summed E-state index contributed by atoms with van der Waals surface area (Å²) in [6.45, 7) is 0.495. The summed E-state index contributed by atoms with van der Waals surface area (Å²) in [6.07, 6.45) is 0.471.